The van der Waals surface area contributed by atoms with Gasteiger partial charge < -0.3 is 14.8 Å². The summed E-state index contributed by atoms with van der Waals surface area (Å²) in [4.78, 5) is 13.0. The van der Waals surface area contributed by atoms with Crippen molar-refractivity contribution in [2.45, 2.75) is 38.6 Å². The molecule has 28 heavy (non-hydrogen) atoms. The molecule has 1 amide bonds. The third kappa shape index (κ3) is 4.10. The summed E-state index contributed by atoms with van der Waals surface area (Å²) >= 11 is 0. The first-order valence-corrected chi connectivity index (χ1v) is 9.33. The minimum absolute atomic E-state index is 0. The smallest absolute Gasteiger partial charge is 0.246 e. The van der Waals surface area contributed by atoms with E-state index in [4.69, 9.17) is 9.47 Å². The monoisotopic (exact) mass is 401 g/mol. The van der Waals surface area contributed by atoms with E-state index in [1.165, 1.54) is 11.1 Å². The van der Waals surface area contributed by atoms with E-state index in [-0.39, 0.29) is 23.7 Å². The lowest BCUT2D eigenvalue weighted by Crippen LogP contribution is -2.36. The molecule has 2 aliphatic rings. The molecule has 4 rings (SSSR count). The molecule has 2 heterocycles. The van der Waals surface area contributed by atoms with E-state index in [9.17, 15) is 4.79 Å². The standard InChI is InChI=1S/C22H25N2O3.ClH/c1-22(2,3)15-5-4-14-8-9-23-20(17(14)12-15)21(25)24-16-6-7-18-19(13-16)27-11-10-26-18;/h4-7,9,12-13,20,23H,8,10-11H2,1-3H3,(H,24,25);1H. The second-order valence-corrected chi connectivity index (χ2v) is 8.02. The predicted octanol–water partition coefficient (Wildman–Crippen LogP) is 4.16. The van der Waals surface area contributed by atoms with Crippen molar-refractivity contribution in [3.8, 4) is 11.5 Å². The van der Waals surface area contributed by atoms with Crippen LogP contribution in [0.25, 0.3) is 0 Å². The molecule has 2 aromatic carbocycles. The maximum absolute atomic E-state index is 13.0. The van der Waals surface area contributed by atoms with Crippen LogP contribution in [0, 0.1) is 6.54 Å². The molecule has 0 aliphatic carbocycles. The number of nitrogens with one attached hydrogen (secondary N) is 2. The molecule has 0 saturated heterocycles. The fraction of sp³-hybridized carbons (Fsp3) is 0.364. The Morgan fingerprint density at radius 3 is 2.57 bits per heavy atom. The fourth-order valence-corrected chi connectivity index (χ4v) is 3.45. The van der Waals surface area contributed by atoms with Gasteiger partial charge in [0, 0.05) is 18.3 Å². The highest BCUT2D eigenvalue weighted by molar-refractivity contribution is 5.96. The van der Waals surface area contributed by atoms with Crippen LogP contribution in [0.3, 0.4) is 0 Å². The second kappa shape index (κ2) is 8.02. The van der Waals surface area contributed by atoms with Crippen LogP contribution in [0.4, 0.5) is 5.69 Å². The molecule has 0 fully saturated rings. The molecule has 1 atom stereocenters. The minimum Gasteiger partial charge on any atom is -0.486 e. The normalized spacial score (nSPS) is 17.9. The van der Waals surface area contributed by atoms with E-state index in [1.54, 1.807) is 0 Å². The Labute approximate surface area is 172 Å². The van der Waals surface area contributed by atoms with E-state index < -0.39 is 6.04 Å². The van der Waals surface area contributed by atoms with Gasteiger partial charge in [0.05, 0.1) is 0 Å². The summed E-state index contributed by atoms with van der Waals surface area (Å²) in [6, 6.07) is 11.5. The number of anilines is 1. The summed E-state index contributed by atoms with van der Waals surface area (Å²) in [5.74, 6) is 1.29. The number of benzene rings is 2. The molecular formula is C22H26ClN2O3. The number of fused-ring (bicyclic) bond motifs is 2. The van der Waals surface area contributed by atoms with Crippen LogP contribution in [0.5, 0.6) is 11.5 Å². The molecule has 2 N–H and O–H groups in total. The van der Waals surface area contributed by atoms with Gasteiger partial charge in [0.25, 0.3) is 0 Å². The molecule has 2 aliphatic heterocycles. The minimum atomic E-state index is -0.413. The van der Waals surface area contributed by atoms with Gasteiger partial charge in [0.15, 0.2) is 11.5 Å². The van der Waals surface area contributed by atoms with Crippen LogP contribution in [-0.4, -0.2) is 19.1 Å². The number of rotatable bonds is 2. The summed E-state index contributed by atoms with van der Waals surface area (Å²) < 4.78 is 11.1. The van der Waals surface area contributed by atoms with Crippen LogP contribution in [0.15, 0.2) is 36.4 Å². The summed E-state index contributed by atoms with van der Waals surface area (Å²) in [5, 5.41) is 6.25. The maximum atomic E-state index is 13.0. The molecule has 0 bridgehead atoms. The third-order valence-electron chi connectivity index (χ3n) is 5.00. The highest BCUT2D eigenvalue weighted by Crippen LogP contribution is 2.34. The molecule has 0 saturated carbocycles. The molecule has 0 spiro atoms. The molecule has 1 unspecified atom stereocenters. The van der Waals surface area contributed by atoms with Crippen LogP contribution >= 0.6 is 12.4 Å². The first kappa shape index (κ1) is 20.5. The third-order valence-corrected chi connectivity index (χ3v) is 5.00. The fourth-order valence-electron chi connectivity index (χ4n) is 3.45. The predicted molar refractivity (Wildman–Crippen MR) is 112 cm³/mol. The number of carbonyl (C=O) groups excluding carboxylic acids is 1. The molecule has 2 aromatic rings. The van der Waals surface area contributed by atoms with Gasteiger partial charge in [-0.3, -0.25) is 10.1 Å². The SMILES string of the molecule is CC(C)(C)c1ccc2c(c1)C(C(=O)Nc1ccc3c(c1)OCCO3)N[CH]C2.Cl. The van der Waals surface area contributed by atoms with E-state index >= 15 is 0 Å². The summed E-state index contributed by atoms with van der Waals surface area (Å²) in [5.41, 5.74) is 4.18. The lowest BCUT2D eigenvalue weighted by Gasteiger charge is -2.29. The highest BCUT2D eigenvalue weighted by Gasteiger charge is 2.28. The Hall–Kier alpha value is -2.24. The van der Waals surface area contributed by atoms with Crippen molar-refractivity contribution in [1.29, 1.82) is 0 Å². The van der Waals surface area contributed by atoms with E-state index in [1.807, 2.05) is 24.7 Å². The summed E-state index contributed by atoms with van der Waals surface area (Å²) in [6.45, 7) is 9.57. The number of hydrogen-bond acceptors (Lipinski definition) is 4. The molecular weight excluding hydrogens is 376 g/mol. The lowest BCUT2D eigenvalue weighted by atomic mass is 9.82. The van der Waals surface area contributed by atoms with E-state index in [2.05, 4.69) is 49.6 Å². The molecule has 1 radical (unpaired) electrons. The molecule has 0 aromatic heterocycles. The zero-order valence-corrected chi connectivity index (χ0v) is 17.2. The van der Waals surface area contributed by atoms with E-state index in [0.717, 1.165) is 12.0 Å². The van der Waals surface area contributed by atoms with Gasteiger partial charge in [-0.25, -0.2) is 0 Å². The van der Waals surface area contributed by atoms with Gasteiger partial charge in [-0.15, -0.1) is 12.4 Å². The first-order chi connectivity index (χ1) is 12.9. The number of hydrogen-bond donors (Lipinski definition) is 2. The molecule has 6 heteroatoms. The zero-order chi connectivity index (χ0) is 19.0. The molecule has 5 nitrogen and oxygen atoms in total. The van der Waals surface area contributed by atoms with Crippen LogP contribution < -0.4 is 20.1 Å². The van der Waals surface area contributed by atoms with Gasteiger partial charge in [0.1, 0.15) is 19.3 Å². The second-order valence-electron chi connectivity index (χ2n) is 8.02. The largest absolute Gasteiger partial charge is 0.486 e. The maximum Gasteiger partial charge on any atom is 0.246 e. The van der Waals surface area contributed by atoms with Crippen molar-refractivity contribution < 1.29 is 14.3 Å². The van der Waals surface area contributed by atoms with Crippen molar-refractivity contribution in [2.75, 3.05) is 18.5 Å². The average Bonchev–Trinajstić information content (AvgIpc) is 2.66. The Kier molecular flexibility index (Phi) is 5.87. The molecule has 149 valence electrons. The Bertz CT molecular complexity index is 877. The lowest BCUT2D eigenvalue weighted by molar-refractivity contribution is -0.118. The van der Waals surface area contributed by atoms with Crippen molar-refractivity contribution in [1.82, 2.24) is 5.32 Å². The van der Waals surface area contributed by atoms with Gasteiger partial charge in [-0.1, -0.05) is 39.0 Å². The highest BCUT2D eigenvalue weighted by atomic mass is 35.5. The van der Waals surface area contributed by atoms with Crippen molar-refractivity contribution >= 4 is 24.0 Å². The topological polar surface area (TPSA) is 59.6 Å². The van der Waals surface area contributed by atoms with Gasteiger partial charge in [0.2, 0.25) is 5.91 Å². The zero-order valence-electron chi connectivity index (χ0n) is 16.4. The van der Waals surface area contributed by atoms with Gasteiger partial charge in [-0.05, 0) is 40.7 Å². The Morgan fingerprint density at radius 1 is 1.07 bits per heavy atom. The number of carbonyl (C=O) groups is 1. The Balaban J connectivity index is 0.00000225. The number of halogens is 1. The van der Waals surface area contributed by atoms with Gasteiger partial charge in [-0.2, -0.15) is 0 Å². The number of amides is 1. The van der Waals surface area contributed by atoms with E-state index in [0.29, 0.717) is 30.4 Å². The Morgan fingerprint density at radius 2 is 1.82 bits per heavy atom. The van der Waals surface area contributed by atoms with Crippen LogP contribution in [-0.2, 0) is 16.6 Å². The quantitative estimate of drug-likeness (QED) is 0.793. The van der Waals surface area contributed by atoms with Crippen LogP contribution in [0.2, 0.25) is 0 Å². The summed E-state index contributed by atoms with van der Waals surface area (Å²) in [6.07, 6.45) is 0.813. The van der Waals surface area contributed by atoms with Gasteiger partial charge >= 0.3 is 0 Å². The number of ether oxygens (including phenoxy) is 2. The van der Waals surface area contributed by atoms with Crippen molar-refractivity contribution in [2.24, 2.45) is 0 Å². The van der Waals surface area contributed by atoms with Crippen molar-refractivity contribution in [3.05, 3.63) is 59.6 Å². The summed E-state index contributed by atoms with van der Waals surface area (Å²) in [7, 11) is 0. The average molecular weight is 402 g/mol. The first-order valence-electron chi connectivity index (χ1n) is 9.33. The van der Waals surface area contributed by atoms with Crippen molar-refractivity contribution in [3.63, 3.8) is 0 Å². The van der Waals surface area contributed by atoms with Crippen LogP contribution in [0.1, 0.15) is 43.5 Å².